The van der Waals surface area contributed by atoms with E-state index < -0.39 is 6.10 Å². The Balaban J connectivity index is 1.73. The second-order valence-corrected chi connectivity index (χ2v) is 6.38. The Hall–Kier alpha value is -0.510. The number of thioether (sulfide) groups is 1. The zero-order valence-electron chi connectivity index (χ0n) is 10.5. The van der Waals surface area contributed by atoms with Gasteiger partial charge in [-0.25, -0.2) is 0 Å². The molecule has 3 rings (SSSR count). The summed E-state index contributed by atoms with van der Waals surface area (Å²) in [5.41, 5.74) is 2.41. The van der Waals surface area contributed by atoms with Crippen LogP contribution in [0.3, 0.4) is 0 Å². The number of benzene rings is 1. The van der Waals surface area contributed by atoms with Gasteiger partial charge in [0.2, 0.25) is 0 Å². The van der Waals surface area contributed by atoms with Gasteiger partial charge in [0.05, 0.1) is 12.7 Å². The molecular weight excluding hydrogens is 244 g/mol. The van der Waals surface area contributed by atoms with Crippen molar-refractivity contribution >= 4 is 11.8 Å². The lowest BCUT2D eigenvalue weighted by Gasteiger charge is -2.29. The highest BCUT2D eigenvalue weighted by Crippen LogP contribution is 2.37. The molecule has 2 aliphatic rings. The van der Waals surface area contributed by atoms with Crippen molar-refractivity contribution in [1.82, 2.24) is 0 Å². The number of aliphatic hydroxyl groups excluding tert-OH is 1. The quantitative estimate of drug-likeness (QED) is 0.909. The molecule has 0 radical (unpaired) electrons. The molecule has 1 aliphatic heterocycles. The molecule has 1 saturated carbocycles. The van der Waals surface area contributed by atoms with E-state index in [1.54, 1.807) is 0 Å². The molecule has 2 nitrogen and oxygen atoms in total. The fourth-order valence-electron chi connectivity index (χ4n) is 2.64. The van der Waals surface area contributed by atoms with E-state index in [1.807, 2.05) is 17.8 Å². The molecule has 1 saturated heterocycles. The molecule has 18 heavy (non-hydrogen) atoms. The maximum atomic E-state index is 10.4. The van der Waals surface area contributed by atoms with Crippen LogP contribution in [0.2, 0.25) is 0 Å². The van der Waals surface area contributed by atoms with Gasteiger partial charge in [0.25, 0.3) is 0 Å². The van der Waals surface area contributed by atoms with Crippen molar-refractivity contribution in [1.29, 1.82) is 0 Å². The van der Waals surface area contributed by atoms with Gasteiger partial charge in [-0.15, -0.1) is 0 Å². The van der Waals surface area contributed by atoms with Crippen LogP contribution in [-0.4, -0.2) is 29.3 Å². The van der Waals surface area contributed by atoms with Gasteiger partial charge in [-0.1, -0.05) is 30.7 Å². The van der Waals surface area contributed by atoms with Gasteiger partial charge in [0, 0.05) is 11.5 Å². The third-order valence-corrected chi connectivity index (χ3v) is 5.04. The van der Waals surface area contributed by atoms with Gasteiger partial charge < -0.3 is 9.84 Å². The fraction of sp³-hybridized carbons (Fsp3) is 0.600. The van der Waals surface area contributed by atoms with Crippen molar-refractivity contribution in [2.45, 2.75) is 37.4 Å². The molecule has 0 spiro atoms. The first-order valence-corrected chi connectivity index (χ1v) is 7.97. The molecule has 0 aromatic heterocycles. The van der Waals surface area contributed by atoms with Crippen molar-refractivity contribution in [2.24, 2.45) is 0 Å². The molecule has 1 aromatic carbocycles. The molecule has 0 amide bonds. The summed E-state index contributed by atoms with van der Waals surface area (Å²) in [6, 6.07) is 8.46. The average molecular weight is 264 g/mol. The van der Waals surface area contributed by atoms with Crippen LogP contribution >= 0.6 is 11.8 Å². The van der Waals surface area contributed by atoms with Crippen LogP contribution in [0.4, 0.5) is 0 Å². The molecule has 1 aliphatic carbocycles. The number of hydrogen-bond acceptors (Lipinski definition) is 3. The molecule has 2 unspecified atom stereocenters. The van der Waals surface area contributed by atoms with E-state index in [-0.39, 0.29) is 6.10 Å². The summed E-state index contributed by atoms with van der Waals surface area (Å²) >= 11 is 1.87. The summed E-state index contributed by atoms with van der Waals surface area (Å²) in [5.74, 6) is 2.67. The Bertz CT molecular complexity index is 397. The van der Waals surface area contributed by atoms with Gasteiger partial charge >= 0.3 is 0 Å². The molecule has 3 heteroatoms. The normalized spacial score (nSPS) is 26.6. The second-order valence-electron chi connectivity index (χ2n) is 5.23. The van der Waals surface area contributed by atoms with E-state index in [9.17, 15) is 5.11 Å². The summed E-state index contributed by atoms with van der Waals surface area (Å²) in [7, 11) is 0. The predicted octanol–water partition coefficient (Wildman–Crippen LogP) is 3.12. The van der Waals surface area contributed by atoms with E-state index in [4.69, 9.17) is 4.74 Å². The second kappa shape index (κ2) is 5.64. The van der Waals surface area contributed by atoms with Crippen molar-refractivity contribution in [2.75, 3.05) is 18.1 Å². The van der Waals surface area contributed by atoms with Gasteiger partial charge in [-0.2, -0.15) is 11.8 Å². The molecule has 2 atom stereocenters. The van der Waals surface area contributed by atoms with Crippen LogP contribution in [0.25, 0.3) is 0 Å². The summed E-state index contributed by atoms with van der Waals surface area (Å²) in [6.07, 6.45) is 3.43. The molecule has 2 fully saturated rings. The Kier molecular flexibility index (Phi) is 3.92. The summed E-state index contributed by atoms with van der Waals surface area (Å²) in [4.78, 5) is 0. The van der Waals surface area contributed by atoms with Crippen molar-refractivity contribution in [3.8, 4) is 0 Å². The lowest BCUT2D eigenvalue weighted by molar-refractivity contribution is -0.0227. The molecule has 1 heterocycles. The molecule has 1 aromatic rings. The van der Waals surface area contributed by atoms with Gasteiger partial charge in [-0.3, -0.25) is 0 Å². The fourth-order valence-corrected chi connectivity index (χ4v) is 3.53. The molecular formula is C15H20O2S. The average Bonchev–Trinajstić information content (AvgIpc) is 2.37. The Morgan fingerprint density at radius 3 is 2.89 bits per heavy atom. The van der Waals surface area contributed by atoms with Gasteiger partial charge in [0.15, 0.2) is 0 Å². The lowest BCUT2D eigenvalue weighted by atomic mass is 9.79. The minimum absolute atomic E-state index is 0.0413. The third-order valence-electron chi connectivity index (χ3n) is 4.02. The minimum Gasteiger partial charge on any atom is -0.386 e. The summed E-state index contributed by atoms with van der Waals surface area (Å²) < 4.78 is 5.66. The highest BCUT2D eigenvalue weighted by Gasteiger charge is 2.26. The topological polar surface area (TPSA) is 29.5 Å². The maximum Gasteiger partial charge on any atom is 0.106 e. The van der Waals surface area contributed by atoms with E-state index in [0.29, 0.717) is 0 Å². The number of rotatable bonds is 3. The number of hydrogen-bond donors (Lipinski definition) is 1. The van der Waals surface area contributed by atoms with Crippen LogP contribution in [-0.2, 0) is 4.74 Å². The molecule has 98 valence electrons. The first kappa shape index (κ1) is 12.5. The van der Waals surface area contributed by atoms with Crippen LogP contribution < -0.4 is 0 Å². The smallest absolute Gasteiger partial charge is 0.106 e. The Labute approximate surface area is 113 Å². The highest BCUT2D eigenvalue weighted by atomic mass is 32.2. The Morgan fingerprint density at radius 1 is 1.33 bits per heavy atom. The Morgan fingerprint density at radius 2 is 2.22 bits per heavy atom. The molecule has 1 N–H and O–H groups in total. The SMILES string of the molecule is OC(c1cccc(C2CCC2)c1)C1CSCCO1. The third kappa shape index (κ3) is 2.58. The highest BCUT2D eigenvalue weighted by molar-refractivity contribution is 7.99. The zero-order valence-corrected chi connectivity index (χ0v) is 11.4. The van der Waals surface area contributed by atoms with Crippen molar-refractivity contribution in [3.63, 3.8) is 0 Å². The maximum absolute atomic E-state index is 10.4. The predicted molar refractivity (Wildman–Crippen MR) is 75.1 cm³/mol. The summed E-state index contributed by atoms with van der Waals surface area (Å²) in [6.45, 7) is 0.759. The first-order valence-electron chi connectivity index (χ1n) is 6.82. The van der Waals surface area contributed by atoms with Crippen LogP contribution in [0.1, 0.15) is 42.4 Å². The van der Waals surface area contributed by atoms with E-state index >= 15 is 0 Å². The molecule has 0 bridgehead atoms. The first-order chi connectivity index (χ1) is 8.84. The monoisotopic (exact) mass is 264 g/mol. The van der Waals surface area contributed by atoms with E-state index in [1.165, 1.54) is 24.8 Å². The van der Waals surface area contributed by atoms with Gasteiger partial charge in [-0.05, 0) is 29.9 Å². The van der Waals surface area contributed by atoms with Crippen LogP contribution in [0, 0.1) is 0 Å². The number of ether oxygens (including phenoxy) is 1. The zero-order chi connectivity index (χ0) is 12.4. The minimum atomic E-state index is -0.474. The largest absolute Gasteiger partial charge is 0.386 e. The van der Waals surface area contributed by atoms with Gasteiger partial charge in [0.1, 0.15) is 6.10 Å². The lowest BCUT2D eigenvalue weighted by Crippen LogP contribution is -2.29. The van der Waals surface area contributed by atoms with E-state index in [0.717, 1.165) is 29.6 Å². The van der Waals surface area contributed by atoms with Crippen molar-refractivity contribution in [3.05, 3.63) is 35.4 Å². The van der Waals surface area contributed by atoms with Crippen LogP contribution in [0.5, 0.6) is 0 Å². The van der Waals surface area contributed by atoms with Crippen molar-refractivity contribution < 1.29 is 9.84 Å². The number of aliphatic hydroxyl groups is 1. The van der Waals surface area contributed by atoms with Crippen LogP contribution in [0.15, 0.2) is 24.3 Å². The standard InChI is InChI=1S/C15H20O2S/c16-15(14-10-18-8-7-17-14)13-6-2-5-12(9-13)11-3-1-4-11/h2,5-6,9,11,14-16H,1,3-4,7-8,10H2. The van der Waals surface area contributed by atoms with E-state index in [2.05, 4.69) is 18.2 Å². The summed E-state index contributed by atoms with van der Waals surface area (Å²) in [5, 5.41) is 10.4.